The van der Waals surface area contributed by atoms with Crippen molar-refractivity contribution in [2.24, 2.45) is 0 Å². The molecule has 1 aliphatic rings. The first kappa shape index (κ1) is 18.8. The molecule has 0 unspecified atom stereocenters. The number of aromatic nitrogens is 1. The van der Waals surface area contributed by atoms with Crippen LogP contribution in [0.25, 0.3) is 43.9 Å². The molecule has 0 radical (unpaired) electrons. The van der Waals surface area contributed by atoms with Crippen molar-refractivity contribution in [1.29, 1.82) is 0 Å². The Bertz CT molecular complexity index is 1570. The molecule has 0 N–H and O–H groups in total. The third-order valence-corrected chi connectivity index (χ3v) is 6.95. The average Bonchev–Trinajstić information content (AvgIpc) is 3.38. The van der Waals surface area contributed by atoms with E-state index in [1.165, 1.54) is 33.6 Å². The molecule has 0 bridgehead atoms. The summed E-state index contributed by atoms with van der Waals surface area (Å²) in [7, 11) is 0. The highest BCUT2D eigenvalue weighted by molar-refractivity contribution is 7.13. The van der Waals surface area contributed by atoms with E-state index in [9.17, 15) is 4.79 Å². The van der Waals surface area contributed by atoms with Gasteiger partial charge in [0.1, 0.15) is 5.01 Å². The maximum Gasteiger partial charge on any atom is 0.346 e. The van der Waals surface area contributed by atoms with E-state index in [1.807, 2.05) is 5.38 Å². The van der Waals surface area contributed by atoms with Gasteiger partial charge in [0.25, 0.3) is 0 Å². The van der Waals surface area contributed by atoms with Crippen molar-refractivity contribution in [3.05, 3.63) is 97.6 Å². The van der Waals surface area contributed by atoms with Crippen molar-refractivity contribution in [1.82, 2.24) is 4.98 Å². The van der Waals surface area contributed by atoms with Crippen molar-refractivity contribution in [3.8, 4) is 33.0 Å². The lowest BCUT2D eigenvalue weighted by Crippen LogP contribution is -2.02. The van der Waals surface area contributed by atoms with Gasteiger partial charge in [0.2, 0.25) is 0 Å². The Morgan fingerprint density at radius 3 is 2.65 bits per heavy atom. The van der Waals surface area contributed by atoms with Gasteiger partial charge in [-0.1, -0.05) is 59.6 Å². The van der Waals surface area contributed by atoms with Gasteiger partial charge in [-0.05, 0) is 52.9 Å². The molecule has 6 rings (SSSR count). The molecule has 0 spiro atoms. The zero-order valence-electron chi connectivity index (χ0n) is 16.0. The number of nitrogens with zero attached hydrogens (tertiary/aromatic N) is 1. The molecule has 0 aliphatic heterocycles. The number of fused-ring (bicyclic) bond motifs is 4. The second-order valence-corrected chi connectivity index (χ2v) is 9.20. The van der Waals surface area contributed by atoms with E-state index in [0.29, 0.717) is 31.6 Å². The Morgan fingerprint density at radius 2 is 1.74 bits per heavy atom. The number of thiazole rings is 1. The molecule has 0 amide bonds. The third kappa shape index (κ3) is 3.10. The molecule has 3 aromatic carbocycles. The first-order chi connectivity index (χ1) is 15.1. The van der Waals surface area contributed by atoms with E-state index in [2.05, 4.69) is 42.5 Å². The smallest absolute Gasteiger partial charge is 0.346 e. The highest BCUT2D eigenvalue weighted by Gasteiger charge is 2.19. The van der Waals surface area contributed by atoms with Gasteiger partial charge in [-0.15, -0.1) is 11.3 Å². The summed E-state index contributed by atoms with van der Waals surface area (Å²) in [6.07, 6.45) is 0.923. The second kappa shape index (κ2) is 7.06. The van der Waals surface area contributed by atoms with Gasteiger partial charge in [-0.3, -0.25) is 0 Å². The number of halogens is 2. The molecule has 0 saturated carbocycles. The van der Waals surface area contributed by atoms with Crippen LogP contribution in [-0.4, -0.2) is 4.98 Å². The Labute approximate surface area is 191 Å². The van der Waals surface area contributed by atoms with Gasteiger partial charge in [0.15, 0.2) is 5.58 Å². The first-order valence-corrected chi connectivity index (χ1v) is 11.3. The van der Waals surface area contributed by atoms with Crippen LogP contribution >= 0.6 is 34.5 Å². The molecule has 31 heavy (non-hydrogen) atoms. The maximum absolute atomic E-state index is 12.6. The van der Waals surface area contributed by atoms with Crippen molar-refractivity contribution in [2.75, 3.05) is 0 Å². The lowest BCUT2D eigenvalue weighted by atomic mass is 10.0. The summed E-state index contributed by atoms with van der Waals surface area (Å²) in [6, 6.07) is 19.9. The number of hydrogen-bond acceptors (Lipinski definition) is 4. The van der Waals surface area contributed by atoms with E-state index >= 15 is 0 Å². The van der Waals surface area contributed by atoms with Gasteiger partial charge in [0, 0.05) is 21.4 Å². The minimum atomic E-state index is -0.470. The first-order valence-electron chi connectivity index (χ1n) is 9.67. The highest BCUT2D eigenvalue weighted by Crippen LogP contribution is 2.39. The summed E-state index contributed by atoms with van der Waals surface area (Å²) < 4.78 is 5.46. The van der Waals surface area contributed by atoms with Crippen LogP contribution in [0.5, 0.6) is 0 Å². The van der Waals surface area contributed by atoms with E-state index in [-0.39, 0.29) is 0 Å². The average molecular weight is 462 g/mol. The summed E-state index contributed by atoms with van der Waals surface area (Å²) in [5.41, 5.74) is 7.34. The monoisotopic (exact) mass is 461 g/mol. The van der Waals surface area contributed by atoms with Gasteiger partial charge < -0.3 is 4.42 Å². The molecule has 1 aliphatic carbocycles. The lowest BCUT2D eigenvalue weighted by Gasteiger charge is -2.04. The van der Waals surface area contributed by atoms with Crippen molar-refractivity contribution < 1.29 is 4.42 Å². The fraction of sp³-hybridized carbons (Fsp3) is 0.0400. The minimum absolute atomic E-state index is 0.310. The SMILES string of the molecule is O=c1oc2c(Cl)cc(Cl)cc2cc1-c1nc(-c2ccc3c(c2)Cc2ccccc2-3)cs1. The Morgan fingerprint density at radius 1 is 0.903 bits per heavy atom. The Balaban J connectivity index is 1.41. The molecule has 0 atom stereocenters. The molecular formula is C25H13Cl2NO2S. The molecule has 3 nitrogen and oxygen atoms in total. The van der Waals surface area contributed by atoms with Gasteiger partial charge >= 0.3 is 5.63 Å². The van der Waals surface area contributed by atoms with Crippen LogP contribution in [0.3, 0.4) is 0 Å². The third-order valence-electron chi connectivity index (χ3n) is 5.58. The van der Waals surface area contributed by atoms with E-state index < -0.39 is 5.63 Å². The van der Waals surface area contributed by atoms with Gasteiger partial charge in [0.05, 0.1) is 16.3 Å². The molecule has 5 aromatic rings. The quantitative estimate of drug-likeness (QED) is 0.251. The summed E-state index contributed by atoms with van der Waals surface area (Å²) in [5.74, 6) is 0. The molecule has 150 valence electrons. The predicted molar refractivity (Wildman–Crippen MR) is 127 cm³/mol. The predicted octanol–water partition coefficient (Wildman–Crippen LogP) is 7.46. The molecule has 0 fully saturated rings. The van der Waals surface area contributed by atoms with Crippen molar-refractivity contribution >= 4 is 45.5 Å². The molecule has 6 heteroatoms. The lowest BCUT2D eigenvalue weighted by molar-refractivity contribution is 0.563. The zero-order valence-corrected chi connectivity index (χ0v) is 18.3. The van der Waals surface area contributed by atoms with Crippen LogP contribution in [0.4, 0.5) is 0 Å². The van der Waals surface area contributed by atoms with E-state index in [4.69, 9.17) is 32.6 Å². The van der Waals surface area contributed by atoms with Crippen molar-refractivity contribution in [2.45, 2.75) is 6.42 Å². The van der Waals surface area contributed by atoms with Crippen LogP contribution in [0, 0.1) is 0 Å². The summed E-state index contributed by atoms with van der Waals surface area (Å²) >= 11 is 13.7. The molecule has 0 saturated heterocycles. The van der Waals surface area contributed by atoms with Gasteiger partial charge in [-0.2, -0.15) is 0 Å². The van der Waals surface area contributed by atoms with Crippen molar-refractivity contribution in [3.63, 3.8) is 0 Å². The van der Waals surface area contributed by atoms with Crippen LogP contribution in [0.15, 0.2) is 75.3 Å². The maximum atomic E-state index is 12.6. The normalized spacial score (nSPS) is 12.2. The zero-order chi connectivity index (χ0) is 21.1. The summed E-state index contributed by atoms with van der Waals surface area (Å²) in [4.78, 5) is 17.3. The van der Waals surface area contributed by atoms with Gasteiger partial charge in [-0.25, -0.2) is 9.78 Å². The topological polar surface area (TPSA) is 43.1 Å². The van der Waals surface area contributed by atoms with E-state index in [0.717, 1.165) is 17.7 Å². The van der Waals surface area contributed by atoms with Crippen LogP contribution in [0.2, 0.25) is 10.0 Å². The highest BCUT2D eigenvalue weighted by atomic mass is 35.5. The number of hydrogen-bond donors (Lipinski definition) is 0. The van der Waals surface area contributed by atoms with E-state index in [1.54, 1.807) is 18.2 Å². The Kier molecular flexibility index (Phi) is 4.29. The van der Waals surface area contributed by atoms with Crippen LogP contribution in [0.1, 0.15) is 11.1 Å². The van der Waals surface area contributed by atoms with Crippen LogP contribution in [-0.2, 0) is 6.42 Å². The Hall–Kier alpha value is -2.92. The number of benzene rings is 3. The molecule has 2 heterocycles. The second-order valence-electron chi connectivity index (χ2n) is 7.50. The summed E-state index contributed by atoms with van der Waals surface area (Å²) in [5, 5.41) is 4.03. The number of rotatable bonds is 2. The van der Waals surface area contributed by atoms with Crippen LogP contribution < -0.4 is 5.63 Å². The fourth-order valence-electron chi connectivity index (χ4n) is 4.14. The largest absolute Gasteiger partial charge is 0.421 e. The molecular weight excluding hydrogens is 449 g/mol. The molecule has 2 aromatic heterocycles. The standard InChI is InChI=1S/C25H13Cl2NO2S/c26-17-9-16-10-20(25(29)30-23(16)21(27)11-17)24-28-22(12-31-24)14-5-6-19-15(8-14)7-13-3-1-2-4-18(13)19/h1-6,8-12H,7H2. The minimum Gasteiger partial charge on any atom is -0.421 e. The summed E-state index contributed by atoms with van der Waals surface area (Å²) in [6.45, 7) is 0. The fourth-order valence-corrected chi connectivity index (χ4v) is 5.52.